The van der Waals surface area contributed by atoms with Crippen LogP contribution in [0.1, 0.15) is 23.7 Å². The van der Waals surface area contributed by atoms with Crippen LogP contribution >= 0.6 is 0 Å². The molecule has 0 aliphatic rings. The maximum absolute atomic E-state index is 11.0. The highest BCUT2D eigenvalue weighted by Crippen LogP contribution is 2.20. The van der Waals surface area contributed by atoms with Crippen molar-refractivity contribution >= 4 is 17.5 Å². The molecule has 104 valence electrons. The summed E-state index contributed by atoms with van der Waals surface area (Å²) in [6, 6.07) is 0.918. The van der Waals surface area contributed by atoms with Gasteiger partial charge in [-0.1, -0.05) is 6.92 Å². The van der Waals surface area contributed by atoms with Gasteiger partial charge in [0.2, 0.25) is 0 Å². The van der Waals surface area contributed by atoms with E-state index in [-0.39, 0.29) is 23.8 Å². The van der Waals surface area contributed by atoms with Crippen LogP contribution in [-0.2, 0) is 0 Å². The Morgan fingerprint density at radius 2 is 2.32 bits per heavy atom. The van der Waals surface area contributed by atoms with Gasteiger partial charge in [0.1, 0.15) is 0 Å². The molecule has 8 heteroatoms. The van der Waals surface area contributed by atoms with Gasteiger partial charge in [0.05, 0.1) is 17.3 Å². The Balaban J connectivity index is 2.88. The van der Waals surface area contributed by atoms with E-state index in [0.29, 0.717) is 13.0 Å². The fourth-order valence-corrected chi connectivity index (χ4v) is 1.47. The molecule has 1 atom stereocenters. The quantitative estimate of drug-likeness (QED) is 0.500. The summed E-state index contributed by atoms with van der Waals surface area (Å²) in [6.07, 6.45) is 1.71. The summed E-state index contributed by atoms with van der Waals surface area (Å²) in [4.78, 5) is 24.4. The van der Waals surface area contributed by atoms with E-state index in [2.05, 4.69) is 10.3 Å². The van der Waals surface area contributed by atoms with Gasteiger partial charge >= 0.3 is 11.8 Å². The number of aliphatic hydroxyl groups excluding tert-OH is 1. The maximum Gasteiger partial charge on any atom is 0.364 e. The van der Waals surface area contributed by atoms with E-state index in [1.165, 1.54) is 0 Å². The largest absolute Gasteiger partial charge is 0.478 e. The lowest BCUT2D eigenvalue weighted by molar-refractivity contribution is -0.389. The molecule has 0 aliphatic heterocycles. The summed E-state index contributed by atoms with van der Waals surface area (Å²) in [5.41, 5.74) is 0.0285. The zero-order valence-corrected chi connectivity index (χ0v) is 10.4. The van der Waals surface area contributed by atoms with Crippen LogP contribution in [0.15, 0.2) is 12.3 Å². The van der Waals surface area contributed by atoms with Crippen molar-refractivity contribution in [3.63, 3.8) is 0 Å². The molecule has 1 rings (SSSR count). The third-order valence-corrected chi connectivity index (χ3v) is 2.57. The molecule has 0 radical (unpaired) electrons. The molecule has 1 unspecified atom stereocenters. The van der Waals surface area contributed by atoms with Crippen molar-refractivity contribution in [2.45, 2.75) is 13.3 Å². The van der Waals surface area contributed by atoms with Crippen LogP contribution in [0.2, 0.25) is 0 Å². The third kappa shape index (κ3) is 4.18. The van der Waals surface area contributed by atoms with E-state index in [1.807, 2.05) is 6.92 Å². The number of nitrogens with zero attached hydrogens (tertiary/aromatic N) is 2. The molecule has 1 aromatic heterocycles. The average Bonchev–Trinajstić information content (AvgIpc) is 2.36. The van der Waals surface area contributed by atoms with Crippen molar-refractivity contribution in [1.82, 2.24) is 4.98 Å². The minimum absolute atomic E-state index is 0.0488. The zero-order chi connectivity index (χ0) is 14.4. The highest BCUT2D eigenvalue weighted by Gasteiger charge is 2.18. The Morgan fingerprint density at radius 3 is 2.84 bits per heavy atom. The molecule has 1 aromatic rings. The van der Waals surface area contributed by atoms with E-state index in [4.69, 9.17) is 10.2 Å². The minimum Gasteiger partial charge on any atom is -0.478 e. The number of anilines is 1. The monoisotopic (exact) mass is 269 g/mol. The number of aromatic carboxylic acids is 1. The van der Waals surface area contributed by atoms with Crippen molar-refractivity contribution in [1.29, 1.82) is 0 Å². The van der Waals surface area contributed by atoms with Gasteiger partial charge in [-0.2, -0.15) is 0 Å². The van der Waals surface area contributed by atoms with Gasteiger partial charge in [-0.05, 0) is 22.2 Å². The lowest BCUT2D eigenvalue weighted by Gasteiger charge is -2.12. The van der Waals surface area contributed by atoms with Crippen LogP contribution in [0.3, 0.4) is 0 Å². The number of carboxylic acid groups (broad SMARTS) is 1. The number of hydrogen-bond acceptors (Lipinski definition) is 6. The van der Waals surface area contributed by atoms with Crippen molar-refractivity contribution in [3.05, 3.63) is 27.9 Å². The van der Waals surface area contributed by atoms with Crippen molar-refractivity contribution in [2.75, 3.05) is 18.5 Å². The molecule has 8 nitrogen and oxygen atoms in total. The predicted molar refractivity (Wildman–Crippen MR) is 67.2 cm³/mol. The average molecular weight is 269 g/mol. The molecular weight excluding hydrogens is 254 g/mol. The maximum atomic E-state index is 11.0. The number of hydrogen-bond donors (Lipinski definition) is 3. The number of carbonyl (C=O) groups is 1. The van der Waals surface area contributed by atoms with E-state index < -0.39 is 16.7 Å². The summed E-state index contributed by atoms with van der Waals surface area (Å²) in [7, 11) is 0. The second-order valence-corrected chi connectivity index (χ2v) is 4.15. The number of nitro groups is 1. The van der Waals surface area contributed by atoms with Crippen molar-refractivity contribution < 1.29 is 19.9 Å². The lowest BCUT2D eigenvalue weighted by Crippen LogP contribution is -2.15. The fraction of sp³-hybridized carbons (Fsp3) is 0.455. The SMILES string of the molecule is CC(CCO)CNc1cnc([N+](=O)[O-])cc1C(=O)O. The normalized spacial score (nSPS) is 11.9. The number of carboxylic acids is 1. The van der Waals surface area contributed by atoms with Gasteiger partial charge < -0.3 is 25.6 Å². The smallest absolute Gasteiger partial charge is 0.364 e. The highest BCUT2D eigenvalue weighted by molar-refractivity contribution is 5.94. The van der Waals surface area contributed by atoms with Crippen LogP contribution < -0.4 is 5.32 Å². The van der Waals surface area contributed by atoms with E-state index in [1.54, 1.807) is 0 Å². The Kier molecular flexibility index (Phi) is 5.19. The molecule has 0 spiro atoms. The first-order chi connectivity index (χ1) is 8.95. The van der Waals surface area contributed by atoms with Gasteiger partial charge in [0, 0.05) is 13.2 Å². The minimum atomic E-state index is -1.26. The lowest BCUT2D eigenvalue weighted by atomic mass is 10.1. The van der Waals surface area contributed by atoms with Crippen molar-refractivity contribution in [3.8, 4) is 0 Å². The number of nitrogens with one attached hydrogen (secondary N) is 1. The first kappa shape index (κ1) is 14.8. The van der Waals surface area contributed by atoms with E-state index >= 15 is 0 Å². The van der Waals surface area contributed by atoms with Gasteiger partial charge in [0.15, 0.2) is 6.20 Å². The predicted octanol–water partition coefficient (Wildman–Crippen LogP) is 1.12. The molecule has 0 saturated heterocycles. The molecule has 3 N–H and O–H groups in total. The first-order valence-corrected chi connectivity index (χ1v) is 5.68. The number of aromatic nitrogens is 1. The highest BCUT2D eigenvalue weighted by atomic mass is 16.6. The molecule has 0 saturated carbocycles. The standard InChI is InChI=1S/C11H15N3O5/c1-7(2-3-15)5-12-9-6-13-10(14(18)19)4-8(9)11(16)17/h4,6-7,12,15H,2-3,5H2,1H3,(H,16,17). The second kappa shape index (κ2) is 6.64. The summed E-state index contributed by atoms with van der Waals surface area (Å²) in [6.45, 7) is 2.38. The molecule has 0 bridgehead atoms. The summed E-state index contributed by atoms with van der Waals surface area (Å²) in [5, 5.41) is 31.2. The molecule has 0 aromatic carbocycles. The Bertz CT molecular complexity index is 477. The van der Waals surface area contributed by atoms with Gasteiger partial charge in [0.25, 0.3) is 0 Å². The molecule has 0 aliphatic carbocycles. The second-order valence-electron chi connectivity index (χ2n) is 4.15. The van der Waals surface area contributed by atoms with Crippen LogP contribution in [0, 0.1) is 16.0 Å². The first-order valence-electron chi connectivity index (χ1n) is 5.68. The molecular formula is C11H15N3O5. The van der Waals surface area contributed by atoms with E-state index in [9.17, 15) is 14.9 Å². The number of pyridine rings is 1. The zero-order valence-electron chi connectivity index (χ0n) is 10.4. The summed E-state index contributed by atoms with van der Waals surface area (Å²) >= 11 is 0. The Morgan fingerprint density at radius 1 is 1.63 bits per heavy atom. The van der Waals surface area contributed by atoms with Crippen LogP contribution in [-0.4, -0.2) is 39.2 Å². The fourth-order valence-electron chi connectivity index (χ4n) is 1.47. The van der Waals surface area contributed by atoms with Crippen LogP contribution in [0.5, 0.6) is 0 Å². The van der Waals surface area contributed by atoms with Gasteiger partial charge in [-0.3, -0.25) is 0 Å². The molecule has 0 fully saturated rings. The number of rotatable bonds is 7. The Labute approximate surface area is 109 Å². The van der Waals surface area contributed by atoms with Gasteiger partial charge in [-0.15, -0.1) is 0 Å². The third-order valence-electron chi connectivity index (χ3n) is 2.57. The summed E-state index contributed by atoms with van der Waals surface area (Å²) < 4.78 is 0. The molecule has 19 heavy (non-hydrogen) atoms. The summed E-state index contributed by atoms with van der Waals surface area (Å²) in [5.74, 6) is -1.63. The number of aliphatic hydroxyl groups is 1. The van der Waals surface area contributed by atoms with Gasteiger partial charge in [-0.25, -0.2) is 4.79 Å². The van der Waals surface area contributed by atoms with Crippen LogP contribution in [0.25, 0.3) is 0 Å². The molecule has 1 heterocycles. The van der Waals surface area contributed by atoms with Crippen LogP contribution in [0.4, 0.5) is 11.5 Å². The van der Waals surface area contributed by atoms with E-state index in [0.717, 1.165) is 12.3 Å². The Hall–Kier alpha value is -2.22. The molecule has 0 amide bonds. The van der Waals surface area contributed by atoms with Crippen molar-refractivity contribution in [2.24, 2.45) is 5.92 Å². The topological polar surface area (TPSA) is 126 Å².